The molecule has 2 aromatic rings. The number of hydrogen-bond donors (Lipinski definition) is 0. The van der Waals surface area contributed by atoms with E-state index in [9.17, 15) is 23.3 Å². The Hall–Kier alpha value is -2.90. The SMILES string of the molecule is CN(C)c1cc(C(F)(F)F)cc(-c2cccc(/C=C/[N+](=O)[O-])c2)n1. The van der Waals surface area contributed by atoms with Crippen LogP contribution < -0.4 is 4.90 Å². The van der Waals surface area contributed by atoms with Gasteiger partial charge in [0.1, 0.15) is 5.82 Å². The van der Waals surface area contributed by atoms with Crippen LogP contribution in [0.2, 0.25) is 0 Å². The van der Waals surface area contributed by atoms with Crippen LogP contribution in [0.5, 0.6) is 0 Å². The average molecular weight is 337 g/mol. The second-order valence-electron chi connectivity index (χ2n) is 5.22. The third-order valence-corrected chi connectivity index (χ3v) is 3.17. The molecule has 0 atom stereocenters. The summed E-state index contributed by atoms with van der Waals surface area (Å²) < 4.78 is 39.3. The highest BCUT2D eigenvalue weighted by molar-refractivity contribution is 5.66. The molecular formula is C16H14F3N3O2. The Bertz CT molecular complexity index is 786. The molecule has 0 aliphatic heterocycles. The van der Waals surface area contributed by atoms with Crippen LogP contribution in [0.15, 0.2) is 42.6 Å². The van der Waals surface area contributed by atoms with E-state index in [1.165, 1.54) is 11.0 Å². The summed E-state index contributed by atoms with van der Waals surface area (Å²) in [6.07, 6.45) is -2.46. The lowest BCUT2D eigenvalue weighted by atomic mass is 10.1. The predicted octanol–water partition coefficient (Wildman–Crippen LogP) is 4.08. The van der Waals surface area contributed by atoms with E-state index in [-0.39, 0.29) is 11.5 Å². The Morgan fingerprint density at radius 1 is 1.21 bits per heavy atom. The predicted molar refractivity (Wildman–Crippen MR) is 85.0 cm³/mol. The van der Waals surface area contributed by atoms with Gasteiger partial charge < -0.3 is 4.90 Å². The first-order chi connectivity index (χ1) is 11.2. The van der Waals surface area contributed by atoms with Gasteiger partial charge in [-0.1, -0.05) is 18.2 Å². The van der Waals surface area contributed by atoms with Gasteiger partial charge in [-0.15, -0.1) is 0 Å². The van der Waals surface area contributed by atoms with Crippen molar-refractivity contribution < 1.29 is 18.1 Å². The van der Waals surface area contributed by atoms with E-state index in [1.54, 1.807) is 38.4 Å². The Balaban J connectivity index is 2.53. The molecule has 24 heavy (non-hydrogen) atoms. The smallest absolute Gasteiger partial charge is 0.363 e. The average Bonchev–Trinajstić information content (AvgIpc) is 2.52. The molecule has 0 radical (unpaired) electrons. The summed E-state index contributed by atoms with van der Waals surface area (Å²) in [7, 11) is 3.20. The summed E-state index contributed by atoms with van der Waals surface area (Å²) in [4.78, 5) is 15.5. The molecule has 8 heteroatoms. The van der Waals surface area contributed by atoms with E-state index < -0.39 is 16.7 Å². The number of hydrogen-bond acceptors (Lipinski definition) is 4. The molecule has 0 saturated carbocycles. The van der Waals surface area contributed by atoms with Gasteiger partial charge in [-0.2, -0.15) is 13.2 Å². The van der Waals surface area contributed by atoms with Crippen molar-refractivity contribution in [3.8, 4) is 11.3 Å². The summed E-state index contributed by atoms with van der Waals surface area (Å²) in [5.74, 6) is 0.172. The minimum atomic E-state index is -4.49. The van der Waals surface area contributed by atoms with Crippen molar-refractivity contribution >= 4 is 11.9 Å². The number of aromatic nitrogens is 1. The van der Waals surface area contributed by atoms with E-state index in [0.717, 1.165) is 18.3 Å². The summed E-state index contributed by atoms with van der Waals surface area (Å²) >= 11 is 0. The van der Waals surface area contributed by atoms with Crippen LogP contribution in [0, 0.1) is 10.1 Å². The van der Waals surface area contributed by atoms with E-state index in [2.05, 4.69) is 4.98 Å². The first-order valence-corrected chi connectivity index (χ1v) is 6.85. The fraction of sp³-hybridized carbons (Fsp3) is 0.188. The minimum Gasteiger partial charge on any atom is -0.363 e. The molecule has 0 amide bonds. The first kappa shape index (κ1) is 17.5. The third-order valence-electron chi connectivity index (χ3n) is 3.17. The van der Waals surface area contributed by atoms with Crippen LogP contribution in [0.3, 0.4) is 0 Å². The number of anilines is 1. The Morgan fingerprint density at radius 3 is 2.50 bits per heavy atom. The second-order valence-corrected chi connectivity index (χ2v) is 5.22. The topological polar surface area (TPSA) is 59.3 Å². The Kier molecular flexibility index (Phi) is 4.87. The van der Waals surface area contributed by atoms with Crippen molar-refractivity contribution in [1.29, 1.82) is 0 Å². The quantitative estimate of drug-likeness (QED) is 0.623. The van der Waals surface area contributed by atoms with Crippen LogP contribution in [0.25, 0.3) is 17.3 Å². The van der Waals surface area contributed by atoms with Crippen molar-refractivity contribution in [3.05, 3.63) is 63.8 Å². The maximum Gasteiger partial charge on any atom is 0.416 e. The molecule has 2 rings (SSSR count). The standard InChI is InChI=1S/C16H14F3N3O2/c1-21(2)15-10-13(16(17,18)19)9-14(20-15)12-5-3-4-11(8-12)6-7-22(23)24/h3-10H,1-2H3/b7-6+. The molecule has 0 unspecified atom stereocenters. The molecule has 1 aromatic carbocycles. The Morgan fingerprint density at radius 2 is 1.92 bits per heavy atom. The molecule has 0 aliphatic rings. The molecular weight excluding hydrogens is 323 g/mol. The normalized spacial score (nSPS) is 11.7. The lowest BCUT2D eigenvalue weighted by molar-refractivity contribution is -0.400. The maximum atomic E-state index is 13.1. The van der Waals surface area contributed by atoms with Crippen molar-refractivity contribution in [2.45, 2.75) is 6.18 Å². The van der Waals surface area contributed by atoms with E-state index in [1.807, 2.05) is 0 Å². The zero-order valence-electron chi connectivity index (χ0n) is 12.9. The van der Waals surface area contributed by atoms with E-state index >= 15 is 0 Å². The van der Waals surface area contributed by atoms with Gasteiger partial charge >= 0.3 is 6.18 Å². The largest absolute Gasteiger partial charge is 0.416 e. The molecule has 0 aliphatic carbocycles. The van der Waals surface area contributed by atoms with Crippen molar-refractivity contribution in [1.82, 2.24) is 4.98 Å². The lowest BCUT2D eigenvalue weighted by Crippen LogP contribution is -2.14. The summed E-state index contributed by atoms with van der Waals surface area (Å²) in [5, 5.41) is 10.4. The molecule has 1 aromatic heterocycles. The van der Waals surface area contributed by atoms with Gasteiger partial charge in [-0.3, -0.25) is 10.1 Å². The van der Waals surface area contributed by atoms with Crippen molar-refractivity contribution in [2.24, 2.45) is 0 Å². The van der Waals surface area contributed by atoms with Crippen LogP contribution >= 0.6 is 0 Å². The number of nitro groups is 1. The maximum absolute atomic E-state index is 13.1. The fourth-order valence-electron chi connectivity index (χ4n) is 2.01. The van der Waals surface area contributed by atoms with Gasteiger partial charge in [0.05, 0.1) is 16.2 Å². The molecule has 126 valence electrons. The zero-order valence-corrected chi connectivity index (χ0v) is 12.9. The highest BCUT2D eigenvalue weighted by Gasteiger charge is 2.32. The lowest BCUT2D eigenvalue weighted by Gasteiger charge is -2.16. The van der Waals surface area contributed by atoms with Crippen molar-refractivity contribution in [2.75, 3.05) is 19.0 Å². The van der Waals surface area contributed by atoms with Gasteiger partial charge in [0.2, 0.25) is 6.20 Å². The molecule has 5 nitrogen and oxygen atoms in total. The van der Waals surface area contributed by atoms with Gasteiger partial charge in [0.15, 0.2) is 0 Å². The van der Waals surface area contributed by atoms with E-state index in [0.29, 0.717) is 11.1 Å². The zero-order chi connectivity index (χ0) is 17.9. The number of benzene rings is 1. The molecule has 0 spiro atoms. The number of alkyl halides is 3. The molecule has 0 bridgehead atoms. The molecule has 0 saturated heterocycles. The summed E-state index contributed by atoms with van der Waals surface area (Å²) in [5.41, 5.74) is 0.275. The molecule has 0 fully saturated rings. The molecule has 0 N–H and O–H groups in total. The highest BCUT2D eigenvalue weighted by atomic mass is 19.4. The van der Waals surface area contributed by atoms with E-state index in [4.69, 9.17) is 0 Å². The second kappa shape index (κ2) is 6.69. The van der Waals surface area contributed by atoms with Crippen LogP contribution in [-0.2, 0) is 6.18 Å². The number of pyridine rings is 1. The number of nitrogens with zero attached hydrogens (tertiary/aromatic N) is 3. The Labute approximate surface area is 136 Å². The fourth-order valence-corrected chi connectivity index (χ4v) is 2.01. The van der Waals surface area contributed by atoms with Gasteiger partial charge in [-0.05, 0) is 23.8 Å². The third kappa shape index (κ3) is 4.31. The van der Waals surface area contributed by atoms with Crippen LogP contribution in [-0.4, -0.2) is 24.0 Å². The van der Waals surface area contributed by atoms with Gasteiger partial charge in [0, 0.05) is 25.7 Å². The monoisotopic (exact) mass is 337 g/mol. The molecule has 1 heterocycles. The number of halogens is 3. The van der Waals surface area contributed by atoms with Crippen LogP contribution in [0.4, 0.5) is 19.0 Å². The van der Waals surface area contributed by atoms with Crippen molar-refractivity contribution in [3.63, 3.8) is 0 Å². The highest BCUT2D eigenvalue weighted by Crippen LogP contribution is 2.34. The van der Waals surface area contributed by atoms with Gasteiger partial charge in [0.25, 0.3) is 0 Å². The van der Waals surface area contributed by atoms with Gasteiger partial charge in [-0.25, -0.2) is 4.98 Å². The van der Waals surface area contributed by atoms with Crippen LogP contribution in [0.1, 0.15) is 11.1 Å². The number of rotatable bonds is 4. The summed E-state index contributed by atoms with van der Waals surface area (Å²) in [6.45, 7) is 0. The minimum absolute atomic E-state index is 0.143. The first-order valence-electron chi connectivity index (χ1n) is 6.85. The summed E-state index contributed by atoms with van der Waals surface area (Å²) in [6, 6.07) is 8.30.